The fourth-order valence-electron chi connectivity index (χ4n) is 0. The van der Waals surface area contributed by atoms with E-state index in [1.165, 1.54) is 0 Å². The minimum atomic E-state index is -0.153. The first-order valence-corrected chi connectivity index (χ1v) is 14.7. The van der Waals surface area contributed by atoms with Crippen LogP contribution in [0.25, 0.3) is 0 Å². The molecule has 2 heteroatoms. The van der Waals surface area contributed by atoms with Crippen LogP contribution in [0.3, 0.4) is 0 Å². The summed E-state index contributed by atoms with van der Waals surface area (Å²) in [5, 5.41) is 0. The minimum absolute atomic E-state index is 0.153. The van der Waals surface area contributed by atoms with Crippen molar-refractivity contribution in [3.63, 3.8) is 0 Å². The molecule has 0 saturated carbocycles. The molecule has 0 nitrogen and oxygen atoms in total. The summed E-state index contributed by atoms with van der Waals surface area (Å²) >= 11 is -0.306. The number of rotatable bonds is 1. The molecule has 0 rings (SSSR count). The van der Waals surface area contributed by atoms with Crippen LogP contribution in [0, 0.1) is 0 Å². The van der Waals surface area contributed by atoms with Crippen molar-refractivity contribution in [3.8, 4) is 0 Å². The zero-order chi connectivity index (χ0) is 5.15. The molecular weight excluding hydrogens is 198 g/mol. The molecule has 0 radical (unpaired) electrons. The average Bonchev–Trinajstić information content (AvgIpc) is 1.36. The standard InChI is InChI=1S/C4H12As2/c1-5(2)6(3)4/h1-4H3. The van der Waals surface area contributed by atoms with E-state index in [0.29, 0.717) is 0 Å². The molecule has 0 atom stereocenters. The third-order valence-corrected chi connectivity index (χ3v) is 21.6. The van der Waals surface area contributed by atoms with Crippen LogP contribution < -0.4 is 0 Å². The Morgan fingerprint density at radius 1 is 0.667 bits per heavy atom. The van der Waals surface area contributed by atoms with Crippen LogP contribution in [0.4, 0.5) is 0 Å². The zero-order valence-electron chi connectivity index (χ0n) is 4.89. The summed E-state index contributed by atoms with van der Waals surface area (Å²) in [5.41, 5.74) is 9.81. The molecule has 0 bridgehead atoms. The van der Waals surface area contributed by atoms with Gasteiger partial charge in [0.15, 0.2) is 0 Å². The maximum absolute atomic E-state index is 2.45. The van der Waals surface area contributed by atoms with E-state index in [9.17, 15) is 0 Å². The normalized spacial score (nSPS) is 11.0. The summed E-state index contributed by atoms with van der Waals surface area (Å²) in [4.78, 5) is 0. The summed E-state index contributed by atoms with van der Waals surface area (Å²) in [6, 6.07) is 0. The van der Waals surface area contributed by atoms with Crippen molar-refractivity contribution in [3.05, 3.63) is 0 Å². The second-order valence-electron chi connectivity index (χ2n) is 1.69. The SMILES string of the molecule is C[As](C)[As](C)C. The monoisotopic (exact) mass is 210 g/mol. The molecule has 0 saturated heterocycles. The second-order valence-corrected chi connectivity index (χ2v) is 26.2. The van der Waals surface area contributed by atoms with Gasteiger partial charge in [-0.05, 0) is 0 Å². The topological polar surface area (TPSA) is 0 Å². The van der Waals surface area contributed by atoms with Gasteiger partial charge in [0, 0.05) is 0 Å². The van der Waals surface area contributed by atoms with Gasteiger partial charge in [-0.15, -0.1) is 0 Å². The molecule has 0 N–H and O–H groups in total. The molecule has 6 heavy (non-hydrogen) atoms. The van der Waals surface area contributed by atoms with Crippen LogP contribution in [-0.2, 0) is 0 Å². The molecule has 0 aromatic rings. The van der Waals surface area contributed by atoms with Gasteiger partial charge in [-0.3, -0.25) is 0 Å². The van der Waals surface area contributed by atoms with Crippen molar-refractivity contribution in [1.82, 2.24) is 0 Å². The molecule has 0 aromatic carbocycles. The molecule has 0 amide bonds. The third-order valence-electron chi connectivity index (χ3n) is 0.800. The first-order valence-electron chi connectivity index (χ1n) is 1.99. The fraction of sp³-hybridized carbons (Fsp3) is 1.00. The average molecular weight is 210 g/mol. The summed E-state index contributed by atoms with van der Waals surface area (Å²) < 4.78 is 0. The van der Waals surface area contributed by atoms with Gasteiger partial charge in [0.1, 0.15) is 0 Å². The zero-order valence-corrected chi connectivity index (χ0v) is 8.65. The summed E-state index contributed by atoms with van der Waals surface area (Å²) in [5.74, 6) is 0. The van der Waals surface area contributed by atoms with Gasteiger partial charge >= 0.3 is 48.0 Å². The maximum atomic E-state index is 2.45. The van der Waals surface area contributed by atoms with Gasteiger partial charge in [-0.1, -0.05) is 0 Å². The van der Waals surface area contributed by atoms with Gasteiger partial charge in [0.25, 0.3) is 0 Å². The van der Waals surface area contributed by atoms with E-state index in [0.717, 1.165) is 0 Å². The van der Waals surface area contributed by atoms with Crippen molar-refractivity contribution >= 4 is 25.2 Å². The first kappa shape index (κ1) is 7.12. The van der Waals surface area contributed by atoms with Crippen LogP contribution >= 0.6 is 0 Å². The van der Waals surface area contributed by atoms with Gasteiger partial charge in [-0.25, -0.2) is 0 Å². The van der Waals surface area contributed by atoms with E-state index in [2.05, 4.69) is 22.8 Å². The Morgan fingerprint density at radius 2 is 0.833 bits per heavy atom. The summed E-state index contributed by atoms with van der Waals surface area (Å²) in [6.07, 6.45) is 0. The Kier molecular flexibility index (Phi) is 3.75. The third kappa shape index (κ3) is 3.31. The van der Waals surface area contributed by atoms with Crippen molar-refractivity contribution in [2.45, 2.75) is 22.8 Å². The Balaban J connectivity index is 2.99. The first-order chi connectivity index (χ1) is 2.64. The molecular formula is C4H12As2. The molecule has 0 unspecified atom stereocenters. The van der Waals surface area contributed by atoms with Crippen molar-refractivity contribution in [2.24, 2.45) is 0 Å². The summed E-state index contributed by atoms with van der Waals surface area (Å²) in [6.45, 7) is 0. The molecule has 0 spiro atoms. The molecule has 0 fully saturated rings. The Bertz CT molecular complexity index is 26.5. The Hall–Kier alpha value is 1.12. The van der Waals surface area contributed by atoms with Gasteiger partial charge in [0.2, 0.25) is 0 Å². The molecule has 0 aromatic heterocycles. The molecule has 0 aliphatic carbocycles. The van der Waals surface area contributed by atoms with E-state index in [-0.39, 0.29) is 25.2 Å². The van der Waals surface area contributed by atoms with E-state index in [1.54, 1.807) is 0 Å². The van der Waals surface area contributed by atoms with E-state index in [1.807, 2.05) is 0 Å². The molecule has 0 aliphatic rings. The van der Waals surface area contributed by atoms with Crippen molar-refractivity contribution in [2.75, 3.05) is 0 Å². The van der Waals surface area contributed by atoms with E-state index < -0.39 is 0 Å². The van der Waals surface area contributed by atoms with Gasteiger partial charge < -0.3 is 0 Å². The van der Waals surface area contributed by atoms with E-state index in [4.69, 9.17) is 0 Å². The number of hydrogen-bond acceptors (Lipinski definition) is 0. The number of hydrogen-bond donors (Lipinski definition) is 0. The predicted molar refractivity (Wildman–Crippen MR) is 35.0 cm³/mol. The second kappa shape index (κ2) is 3.16. The van der Waals surface area contributed by atoms with E-state index >= 15 is 0 Å². The quantitative estimate of drug-likeness (QED) is 0.576. The predicted octanol–water partition coefficient (Wildman–Crippen LogP) is 1.57. The van der Waals surface area contributed by atoms with Crippen molar-refractivity contribution < 1.29 is 0 Å². The van der Waals surface area contributed by atoms with Crippen LogP contribution in [0.15, 0.2) is 0 Å². The van der Waals surface area contributed by atoms with Crippen LogP contribution in [0.5, 0.6) is 0 Å². The molecule has 0 aliphatic heterocycles. The van der Waals surface area contributed by atoms with Crippen LogP contribution in [0.2, 0.25) is 22.8 Å². The van der Waals surface area contributed by atoms with Gasteiger partial charge in [-0.2, -0.15) is 0 Å². The molecule has 38 valence electrons. The summed E-state index contributed by atoms with van der Waals surface area (Å²) in [7, 11) is 0. The van der Waals surface area contributed by atoms with Crippen LogP contribution in [0.1, 0.15) is 0 Å². The fourth-order valence-corrected chi connectivity index (χ4v) is 0. The van der Waals surface area contributed by atoms with Gasteiger partial charge in [0.05, 0.1) is 0 Å². The van der Waals surface area contributed by atoms with Crippen LogP contribution in [-0.4, -0.2) is 25.2 Å². The Labute approximate surface area is 48.1 Å². The van der Waals surface area contributed by atoms with Crippen molar-refractivity contribution in [1.29, 1.82) is 0 Å². The Morgan fingerprint density at radius 3 is 0.833 bits per heavy atom. The molecule has 0 heterocycles.